The summed E-state index contributed by atoms with van der Waals surface area (Å²) in [5.41, 5.74) is -0.832. The van der Waals surface area contributed by atoms with Gasteiger partial charge < -0.3 is 14.7 Å². The van der Waals surface area contributed by atoms with Gasteiger partial charge in [-0.2, -0.15) is 31.6 Å². The molecule has 2 saturated heterocycles. The third kappa shape index (κ3) is 4.33. The Morgan fingerprint density at radius 2 is 1.67 bits per heavy atom. The monoisotopic (exact) mass is 436 g/mol. The Kier molecular flexibility index (Phi) is 5.66. The summed E-state index contributed by atoms with van der Waals surface area (Å²) >= 11 is 0. The van der Waals surface area contributed by atoms with Gasteiger partial charge in [-0.1, -0.05) is 12.1 Å². The molecule has 1 aromatic rings. The van der Waals surface area contributed by atoms with Crippen LogP contribution < -0.4 is 0 Å². The van der Waals surface area contributed by atoms with E-state index in [0.29, 0.717) is 0 Å². The van der Waals surface area contributed by atoms with Crippen molar-refractivity contribution in [2.75, 3.05) is 13.1 Å². The van der Waals surface area contributed by atoms with Gasteiger partial charge in [0.2, 0.25) is 0 Å². The smallest absolute Gasteiger partial charge is 0.407 e. The van der Waals surface area contributed by atoms with Crippen LogP contribution in [0.25, 0.3) is 0 Å². The largest absolute Gasteiger partial charge is 0.465 e. The van der Waals surface area contributed by atoms with Gasteiger partial charge in [-0.25, -0.2) is 4.79 Å². The molecule has 3 rings (SSSR count). The number of benzene rings is 1. The molecule has 2 aliphatic heterocycles. The number of likely N-dealkylation sites (tertiary alicyclic amines) is 1. The van der Waals surface area contributed by atoms with Crippen LogP contribution in [0, 0.1) is 17.2 Å². The number of piperidine rings is 1. The minimum Gasteiger partial charge on any atom is -0.465 e. The molecule has 1 spiro atoms. The minimum absolute atomic E-state index is 0.00497. The zero-order chi connectivity index (χ0) is 22.3. The molecule has 2 unspecified atom stereocenters. The summed E-state index contributed by atoms with van der Waals surface area (Å²) in [6.45, 7) is -0.0737. The molecular weight excluding hydrogens is 418 g/mol. The van der Waals surface area contributed by atoms with E-state index in [0.717, 1.165) is 4.90 Å². The summed E-state index contributed by atoms with van der Waals surface area (Å²) in [6, 6.07) is 7.20. The van der Waals surface area contributed by atoms with Crippen LogP contribution in [-0.2, 0) is 4.74 Å². The maximum Gasteiger partial charge on any atom is 0.407 e. The molecule has 0 aliphatic carbocycles. The molecule has 164 valence electrons. The summed E-state index contributed by atoms with van der Waals surface area (Å²) in [4.78, 5) is 12.2. The van der Waals surface area contributed by atoms with Crippen molar-refractivity contribution in [3.63, 3.8) is 0 Å². The van der Waals surface area contributed by atoms with E-state index in [1.165, 1.54) is 24.3 Å². The van der Waals surface area contributed by atoms with E-state index in [2.05, 4.69) is 0 Å². The fraction of sp³-hybridized carbons (Fsp3) is 0.579. The summed E-state index contributed by atoms with van der Waals surface area (Å²) in [5, 5.41) is 18.0. The van der Waals surface area contributed by atoms with Crippen molar-refractivity contribution in [3.05, 3.63) is 35.4 Å². The van der Waals surface area contributed by atoms with Gasteiger partial charge in [0.1, 0.15) is 0 Å². The summed E-state index contributed by atoms with van der Waals surface area (Å²) in [7, 11) is 0. The van der Waals surface area contributed by atoms with E-state index in [9.17, 15) is 31.1 Å². The van der Waals surface area contributed by atoms with Crippen LogP contribution in [0.4, 0.5) is 31.1 Å². The highest BCUT2D eigenvalue weighted by molar-refractivity contribution is 5.65. The van der Waals surface area contributed by atoms with E-state index in [-0.39, 0.29) is 43.5 Å². The van der Waals surface area contributed by atoms with Crippen molar-refractivity contribution in [2.45, 2.75) is 49.2 Å². The number of carboxylic acid groups (broad SMARTS) is 1. The molecule has 11 heteroatoms. The first-order valence-electron chi connectivity index (χ1n) is 9.15. The molecule has 2 heterocycles. The highest BCUT2D eigenvalue weighted by Gasteiger charge is 2.66. The molecule has 5 nitrogen and oxygen atoms in total. The first-order valence-corrected chi connectivity index (χ1v) is 9.15. The highest BCUT2D eigenvalue weighted by atomic mass is 19.4. The first kappa shape index (κ1) is 22.2. The van der Waals surface area contributed by atoms with Gasteiger partial charge in [-0.05, 0) is 37.0 Å². The Morgan fingerprint density at radius 1 is 1.13 bits per heavy atom. The van der Waals surface area contributed by atoms with E-state index >= 15 is 0 Å². The molecule has 0 aromatic heterocycles. The highest BCUT2D eigenvalue weighted by Crippen LogP contribution is 2.54. The maximum atomic E-state index is 13.5. The Morgan fingerprint density at radius 3 is 2.10 bits per heavy atom. The topological polar surface area (TPSA) is 73.6 Å². The average Bonchev–Trinajstić information content (AvgIpc) is 2.98. The second-order valence-electron chi connectivity index (χ2n) is 7.64. The molecule has 1 aromatic carbocycles. The van der Waals surface area contributed by atoms with Crippen LogP contribution in [0.15, 0.2) is 24.3 Å². The predicted octanol–water partition coefficient (Wildman–Crippen LogP) is 4.68. The SMILES string of the molecule is N#Cc1ccc(C2CC3(CCN(C(=O)O)CC3)OC2C(C(F)(F)F)C(F)(F)F)cc1. The number of halogens is 6. The van der Waals surface area contributed by atoms with Gasteiger partial charge in [0.05, 0.1) is 23.3 Å². The quantitative estimate of drug-likeness (QED) is 0.683. The minimum atomic E-state index is -5.57. The lowest BCUT2D eigenvalue weighted by Gasteiger charge is -2.38. The zero-order valence-corrected chi connectivity index (χ0v) is 15.5. The van der Waals surface area contributed by atoms with Gasteiger partial charge >= 0.3 is 18.4 Å². The lowest BCUT2D eigenvalue weighted by atomic mass is 9.79. The van der Waals surface area contributed by atoms with Crippen LogP contribution >= 0.6 is 0 Å². The summed E-state index contributed by atoms with van der Waals surface area (Å²) < 4.78 is 86.4. The molecule has 0 bridgehead atoms. The van der Waals surface area contributed by atoms with Crippen LogP contribution in [0.5, 0.6) is 0 Å². The van der Waals surface area contributed by atoms with Crippen molar-refractivity contribution >= 4 is 6.09 Å². The van der Waals surface area contributed by atoms with Gasteiger partial charge in [0.15, 0.2) is 5.92 Å². The molecular formula is C19H18F6N2O3. The lowest BCUT2D eigenvalue weighted by Crippen LogP contribution is -2.49. The molecule has 2 fully saturated rings. The number of ether oxygens (including phenoxy) is 1. The van der Waals surface area contributed by atoms with Crippen LogP contribution in [0.3, 0.4) is 0 Å². The second kappa shape index (κ2) is 7.65. The molecule has 2 atom stereocenters. The Bertz CT molecular complexity index is 809. The maximum absolute atomic E-state index is 13.5. The van der Waals surface area contributed by atoms with Gasteiger partial charge in [0, 0.05) is 19.0 Å². The Balaban J connectivity index is 1.98. The first-order chi connectivity index (χ1) is 13.9. The number of rotatable bonds is 2. The van der Waals surface area contributed by atoms with Crippen molar-refractivity contribution in [1.82, 2.24) is 4.90 Å². The Labute approximate surface area is 167 Å². The zero-order valence-electron chi connectivity index (χ0n) is 15.5. The number of alkyl halides is 6. The third-order valence-corrected chi connectivity index (χ3v) is 5.82. The Hall–Kier alpha value is -2.48. The number of nitriles is 1. The standard InChI is InChI=1S/C19H18F6N2O3/c20-18(21,22)15(19(23,24)25)14-13(12-3-1-11(10-26)2-4-12)9-17(30-14)5-7-27(8-6-17)16(28)29/h1-4,13-15H,5-9H2,(H,28,29). The van der Waals surface area contributed by atoms with Crippen molar-refractivity contribution in [3.8, 4) is 6.07 Å². The van der Waals surface area contributed by atoms with Gasteiger partial charge in [-0.15, -0.1) is 0 Å². The number of hydrogen-bond donors (Lipinski definition) is 1. The van der Waals surface area contributed by atoms with Crippen LogP contribution in [0.1, 0.15) is 36.3 Å². The summed E-state index contributed by atoms with van der Waals surface area (Å²) in [5.74, 6) is -4.88. The van der Waals surface area contributed by atoms with Crippen molar-refractivity contribution < 1.29 is 41.0 Å². The molecule has 2 aliphatic rings. The molecule has 1 N–H and O–H groups in total. The second-order valence-corrected chi connectivity index (χ2v) is 7.64. The summed E-state index contributed by atoms with van der Waals surface area (Å²) in [6.07, 6.45) is -14.6. The van der Waals surface area contributed by atoms with E-state index in [1.807, 2.05) is 6.07 Å². The lowest BCUT2D eigenvalue weighted by molar-refractivity contribution is -0.314. The predicted molar refractivity (Wildman–Crippen MR) is 90.6 cm³/mol. The normalized spacial score (nSPS) is 24.3. The van der Waals surface area contributed by atoms with Crippen LogP contribution in [-0.4, -0.2) is 53.2 Å². The van der Waals surface area contributed by atoms with E-state index in [4.69, 9.17) is 15.1 Å². The third-order valence-electron chi connectivity index (χ3n) is 5.82. The van der Waals surface area contributed by atoms with Crippen molar-refractivity contribution in [1.29, 1.82) is 5.26 Å². The fourth-order valence-electron chi connectivity index (χ4n) is 4.33. The number of nitrogens with zero attached hydrogens (tertiary/aromatic N) is 2. The average molecular weight is 436 g/mol. The van der Waals surface area contributed by atoms with Crippen molar-refractivity contribution in [2.24, 2.45) is 5.92 Å². The fourth-order valence-corrected chi connectivity index (χ4v) is 4.33. The number of carbonyl (C=O) groups is 1. The molecule has 0 radical (unpaired) electrons. The number of hydrogen-bond acceptors (Lipinski definition) is 3. The van der Waals surface area contributed by atoms with Crippen LogP contribution in [0.2, 0.25) is 0 Å². The number of amides is 1. The molecule has 0 saturated carbocycles. The van der Waals surface area contributed by atoms with E-state index < -0.39 is 42.0 Å². The molecule has 1 amide bonds. The molecule has 30 heavy (non-hydrogen) atoms. The van der Waals surface area contributed by atoms with Gasteiger partial charge in [0.25, 0.3) is 0 Å². The van der Waals surface area contributed by atoms with E-state index in [1.54, 1.807) is 0 Å². The van der Waals surface area contributed by atoms with Gasteiger partial charge in [-0.3, -0.25) is 0 Å².